The van der Waals surface area contributed by atoms with Crippen LogP contribution in [0.15, 0.2) is 0 Å². The molecule has 1 aliphatic heterocycles. The first kappa shape index (κ1) is 13.1. The molecule has 18 heavy (non-hydrogen) atoms. The molecule has 2 fully saturated rings. The highest BCUT2D eigenvalue weighted by Gasteiger charge is 2.47. The van der Waals surface area contributed by atoms with E-state index in [-0.39, 0.29) is 19.2 Å². The third kappa shape index (κ3) is 2.58. The van der Waals surface area contributed by atoms with Crippen LogP contribution in [0.1, 0.15) is 19.8 Å². The zero-order valence-electron chi connectivity index (χ0n) is 10.8. The van der Waals surface area contributed by atoms with Gasteiger partial charge in [-0.1, -0.05) is 0 Å². The summed E-state index contributed by atoms with van der Waals surface area (Å²) in [5.74, 6) is -0.318. The summed E-state index contributed by atoms with van der Waals surface area (Å²) in [6.45, 7) is 2.74. The maximum atomic E-state index is 11.9. The first-order valence-corrected chi connectivity index (χ1v) is 6.26. The summed E-state index contributed by atoms with van der Waals surface area (Å²) in [7, 11) is 1.74. The molecule has 6 heteroatoms. The summed E-state index contributed by atoms with van der Waals surface area (Å²) in [6, 6.07) is -0.686. The van der Waals surface area contributed by atoms with Crippen LogP contribution in [0, 0.1) is 11.3 Å². The lowest BCUT2D eigenvalue weighted by molar-refractivity contribution is -0.148. The molecule has 2 atom stereocenters. The molecule has 0 spiro atoms. The summed E-state index contributed by atoms with van der Waals surface area (Å²) in [5, 5.41) is 12.0. The van der Waals surface area contributed by atoms with E-state index in [2.05, 4.69) is 5.32 Å². The number of aliphatic carboxylic acids is 1. The Kier molecular flexibility index (Phi) is 3.47. The van der Waals surface area contributed by atoms with Crippen LogP contribution >= 0.6 is 0 Å². The standard InChI is InChI=1S/C12H20N2O4/c1-12(10(15)16)7-18-6-9(12)13-11(17)14(2)5-8-3-4-8/h8-9H,3-7H2,1-2H3,(H,13,17)(H,15,16). The Hall–Kier alpha value is -1.30. The molecule has 102 valence electrons. The van der Waals surface area contributed by atoms with Crippen molar-refractivity contribution in [1.29, 1.82) is 0 Å². The van der Waals surface area contributed by atoms with E-state index in [1.54, 1.807) is 18.9 Å². The second-order valence-electron chi connectivity index (χ2n) is 5.56. The first-order valence-electron chi connectivity index (χ1n) is 6.26. The van der Waals surface area contributed by atoms with Crippen LogP contribution in [0.4, 0.5) is 4.79 Å². The smallest absolute Gasteiger partial charge is 0.317 e. The SMILES string of the molecule is CN(CC1CC1)C(=O)NC1COCC1(C)C(=O)O. The van der Waals surface area contributed by atoms with Crippen molar-refractivity contribution in [3.05, 3.63) is 0 Å². The van der Waals surface area contributed by atoms with Crippen molar-refractivity contribution in [1.82, 2.24) is 10.2 Å². The van der Waals surface area contributed by atoms with Crippen LogP contribution in [-0.2, 0) is 9.53 Å². The Labute approximate surface area is 106 Å². The third-order valence-electron chi connectivity index (χ3n) is 3.82. The molecule has 2 amide bonds. The molecule has 0 bridgehead atoms. The molecule has 1 saturated heterocycles. The zero-order chi connectivity index (χ0) is 13.3. The average molecular weight is 256 g/mol. The quantitative estimate of drug-likeness (QED) is 0.769. The fraction of sp³-hybridized carbons (Fsp3) is 0.833. The van der Waals surface area contributed by atoms with Gasteiger partial charge in [0, 0.05) is 13.6 Å². The molecular formula is C12H20N2O4. The normalized spacial score (nSPS) is 31.1. The maximum Gasteiger partial charge on any atom is 0.317 e. The predicted molar refractivity (Wildman–Crippen MR) is 64.2 cm³/mol. The number of amides is 2. The summed E-state index contributed by atoms with van der Waals surface area (Å²) in [5.41, 5.74) is -1.03. The Morgan fingerprint density at radius 3 is 2.72 bits per heavy atom. The topological polar surface area (TPSA) is 78.9 Å². The van der Waals surface area contributed by atoms with E-state index in [1.807, 2.05) is 0 Å². The van der Waals surface area contributed by atoms with Gasteiger partial charge in [0.25, 0.3) is 0 Å². The minimum atomic E-state index is -1.03. The van der Waals surface area contributed by atoms with Gasteiger partial charge < -0.3 is 20.1 Å². The first-order chi connectivity index (χ1) is 8.43. The summed E-state index contributed by atoms with van der Waals surface area (Å²) in [4.78, 5) is 24.8. The van der Waals surface area contributed by atoms with Crippen LogP contribution in [0.3, 0.4) is 0 Å². The van der Waals surface area contributed by atoms with Gasteiger partial charge in [0.05, 0.1) is 19.3 Å². The number of hydrogen-bond acceptors (Lipinski definition) is 3. The van der Waals surface area contributed by atoms with Crippen LogP contribution in [0.25, 0.3) is 0 Å². The molecule has 1 heterocycles. The molecule has 0 aromatic rings. The Morgan fingerprint density at radius 1 is 1.50 bits per heavy atom. The van der Waals surface area contributed by atoms with Gasteiger partial charge in [-0.3, -0.25) is 4.79 Å². The number of carboxylic acids is 1. The van der Waals surface area contributed by atoms with Crippen molar-refractivity contribution < 1.29 is 19.4 Å². The van der Waals surface area contributed by atoms with E-state index in [1.165, 1.54) is 12.8 Å². The number of nitrogens with zero attached hydrogens (tertiary/aromatic N) is 1. The van der Waals surface area contributed by atoms with E-state index in [0.29, 0.717) is 5.92 Å². The number of ether oxygens (including phenoxy) is 1. The van der Waals surface area contributed by atoms with Gasteiger partial charge in [0.15, 0.2) is 0 Å². The fourth-order valence-corrected chi connectivity index (χ4v) is 2.11. The van der Waals surface area contributed by atoms with Crippen molar-refractivity contribution in [3.63, 3.8) is 0 Å². The zero-order valence-corrected chi connectivity index (χ0v) is 10.8. The third-order valence-corrected chi connectivity index (χ3v) is 3.82. The number of rotatable bonds is 4. The molecule has 1 saturated carbocycles. The van der Waals surface area contributed by atoms with Crippen molar-refractivity contribution in [2.24, 2.45) is 11.3 Å². The second kappa shape index (κ2) is 4.76. The Bertz CT molecular complexity index is 356. The van der Waals surface area contributed by atoms with Crippen LogP contribution < -0.4 is 5.32 Å². The lowest BCUT2D eigenvalue weighted by Crippen LogP contribution is -2.52. The van der Waals surface area contributed by atoms with E-state index < -0.39 is 17.4 Å². The van der Waals surface area contributed by atoms with Gasteiger partial charge in [0.2, 0.25) is 0 Å². The molecule has 0 aromatic carbocycles. The highest BCUT2D eigenvalue weighted by atomic mass is 16.5. The maximum absolute atomic E-state index is 11.9. The van der Waals surface area contributed by atoms with Crippen molar-refractivity contribution in [2.45, 2.75) is 25.8 Å². The van der Waals surface area contributed by atoms with Gasteiger partial charge in [-0.05, 0) is 25.7 Å². The molecule has 1 aliphatic carbocycles. The lowest BCUT2D eigenvalue weighted by Gasteiger charge is -2.27. The van der Waals surface area contributed by atoms with Crippen LogP contribution in [0.5, 0.6) is 0 Å². The molecule has 2 aliphatic rings. The number of urea groups is 1. The highest BCUT2D eigenvalue weighted by molar-refractivity contribution is 5.79. The molecule has 2 unspecified atom stereocenters. The Morgan fingerprint density at radius 2 is 2.17 bits per heavy atom. The van der Waals surface area contributed by atoms with E-state index in [9.17, 15) is 14.7 Å². The largest absolute Gasteiger partial charge is 0.481 e. The minimum absolute atomic E-state index is 0.139. The molecule has 2 N–H and O–H groups in total. The van der Waals surface area contributed by atoms with Gasteiger partial charge >= 0.3 is 12.0 Å². The van der Waals surface area contributed by atoms with Gasteiger partial charge in [-0.25, -0.2) is 4.79 Å². The molecule has 6 nitrogen and oxygen atoms in total. The van der Waals surface area contributed by atoms with E-state index in [0.717, 1.165) is 6.54 Å². The predicted octanol–water partition coefficient (Wildman–Crippen LogP) is 0.527. The van der Waals surface area contributed by atoms with Crippen molar-refractivity contribution in [3.8, 4) is 0 Å². The van der Waals surface area contributed by atoms with Crippen molar-refractivity contribution >= 4 is 12.0 Å². The van der Waals surface area contributed by atoms with Crippen LogP contribution in [-0.4, -0.2) is 54.9 Å². The van der Waals surface area contributed by atoms with Gasteiger partial charge in [0.1, 0.15) is 5.41 Å². The average Bonchev–Trinajstić information content (AvgIpc) is 3.03. The minimum Gasteiger partial charge on any atom is -0.481 e. The highest BCUT2D eigenvalue weighted by Crippen LogP contribution is 2.30. The molecule has 2 rings (SSSR count). The number of carboxylic acid groups (broad SMARTS) is 1. The number of carbonyl (C=O) groups excluding carboxylic acids is 1. The van der Waals surface area contributed by atoms with E-state index >= 15 is 0 Å². The number of nitrogens with one attached hydrogen (secondary N) is 1. The Balaban J connectivity index is 1.91. The summed E-state index contributed by atoms with van der Waals surface area (Å²) >= 11 is 0. The monoisotopic (exact) mass is 256 g/mol. The summed E-state index contributed by atoms with van der Waals surface area (Å²) < 4.78 is 5.19. The van der Waals surface area contributed by atoms with E-state index in [4.69, 9.17) is 4.74 Å². The second-order valence-corrected chi connectivity index (χ2v) is 5.56. The molecule has 0 radical (unpaired) electrons. The van der Waals surface area contributed by atoms with Crippen LogP contribution in [0.2, 0.25) is 0 Å². The molecular weight excluding hydrogens is 236 g/mol. The fourth-order valence-electron chi connectivity index (χ4n) is 2.11. The number of carbonyl (C=O) groups is 2. The van der Waals surface area contributed by atoms with Gasteiger partial charge in [-0.15, -0.1) is 0 Å². The van der Waals surface area contributed by atoms with Crippen molar-refractivity contribution in [2.75, 3.05) is 26.8 Å². The lowest BCUT2D eigenvalue weighted by atomic mass is 9.85. The molecule has 0 aromatic heterocycles. The number of hydrogen-bond donors (Lipinski definition) is 2. The van der Waals surface area contributed by atoms with Gasteiger partial charge in [-0.2, -0.15) is 0 Å². The summed E-state index contributed by atoms with van der Waals surface area (Å²) in [6.07, 6.45) is 2.36.